The quantitative estimate of drug-likeness (QED) is 0.0910. The van der Waals surface area contributed by atoms with Crippen molar-refractivity contribution in [2.45, 2.75) is 142 Å². The second-order valence-corrected chi connectivity index (χ2v) is 10.3. The molecule has 0 spiro atoms. The molecule has 1 aliphatic heterocycles. The fraction of sp³-hybridized carbons (Fsp3) is 1.00. The van der Waals surface area contributed by atoms with Crippen LogP contribution in [0, 0.1) is 0 Å². The van der Waals surface area contributed by atoms with Gasteiger partial charge in [-0.05, 0) is 6.42 Å². The zero-order valence-electron chi connectivity index (χ0n) is 22.7. The van der Waals surface area contributed by atoms with Gasteiger partial charge in [-0.1, -0.05) is 129 Å². The highest BCUT2D eigenvalue weighted by Gasteiger charge is 2.19. The van der Waals surface area contributed by atoms with Crippen molar-refractivity contribution in [2.24, 2.45) is 0 Å². The van der Waals surface area contributed by atoms with Crippen LogP contribution in [0.3, 0.4) is 0 Å². The van der Waals surface area contributed by atoms with Crippen molar-refractivity contribution in [3.63, 3.8) is 0 Å². The van der Waals surface area contributed by atoms with Gasteiger partial charge in [0.15, 0.2) is 6.29 Å². The number of rotatable bonds is 24. The van der Waals surface area contributed by atoms with Crippen LogP contribution in [-0.4, -0.2) is 65.8 Å². The smallest absolute Gasteiger partial charge is 0.165 e. The van der Waals surface area contributed by atoms with Gasteiger partial charge in [-0.25, -0.2) is 10.0 Å². The molecule has 1 fully saturated rings. The minimum absolute atomic E-state index is 0. The Morgan fingerprint density at radius 3 is 1.32 bits per heavy atom. The van der Waals surface area contributed by atoms with Gasteiger partial charge in [0.05, 0.1) is 6.54 Å². The van der Waals surface area contributed by atoms with Crippen molar-refractivity contribution < 1.29 is 10.2 Å². The van der Waals surface area contributed by atoms with Gasteiger partial charge >= 0.3 is 0 Å². The highest BCUT2D eigenvalue weighted by Crippen LogP contribution is 2.15. The summed E-state index contributed by atoms with van der Waals surface area (Å²) in [6.45, 7) is 7.46. The molecule has 1 rings (SSSR count). The highest BCUT2D eigenvalue weighted by molar-refractivity contribution is 8.93. The number of aliphatic hydroxyl groups is 2. The number of halogens is 1. The van der Waals surface area contributed by atoms with E-state index in [9.17, 15) is 10.2 Å². The molecule has 34 heavy (non-hydrogen) atoms. The first-order valence-electron chi connectivity index (χ1n) is 14.8. The van der Waals surface area contributed by atoms with E-state index in [0.29, 0.717) is 6.54 Å². The normalized spacial score (nSPS) is 14.7. The van der Waals surface area contributed by atoms with Gasteiger partial charge in [0.1, 0.15) is 0 Å². The van der Waals surface area contributed by atoms with Crippen LogP contribution >= 0.6 is 17.0 Å². The molecular formula is C28H60BrN3O2. The third kappa shape index (κ3) is 21.6. The number of nitrogens with one attached hydrogen (secondary N) is 1. The second-order valence-electron chi connectivity index (χ2n) is 10.3. The van der Waals surface area contributed by atoms with Crippen LogP contribution in [0.2, 0.25) is 0 Å². The third-order valence-electron chi connectivity index (χ3n) is 7.14. The van der Waals surface area contributed by atoms with Crippen molar-refractivity contribution in [1.82, 2.24) is 15.3 Å². The fourth-order valence-corrected chi connectivity index (χ4v) is 5.02. The number of aliphatic hydroxyl groups excluding tert-OH is 1. The van der Waals surface area contributed by atoms with Crippen molar-refractivity contribution in [3.05, 3.63) is 0 Å². The summed E-state index contributed by atoms with van der Waals surface area (Å²) < 4.78 is 0. The Hall–Kier alpha value is 0.280. The molecule has 1 aliphatic rings. The van der Waals surface area contributed by atoms with Crippen molar-refractivity contribution in [3.8, 4) is 0 Å². The lowest BCUT2D eigenvalue weighted by atomic mass is 10.0. The predicted octanol–water partition coefficient (Wildman–Crippen LogP) is 6.82. The molecule has 1 saturated heterocycles. The van der Waals surface area contributed by atoms with E-state index in [2.05, 4.69) is 22.3 Å². The first-order valence-corrected chi connectivity index (χ1v) is 14.8. The maximum absolute atomic E-state index is 9.39. The number of unbranched alkanes of at least 4 members (excludes halogenated alkanes) is 19. The van der Waals surface area contributed by atoms with Gasteiger partial charge in [0.2, 0.25) is 0 Å². The average molecular weight is 551 g/mol. The lowest BCUT2D eigenvalue weighted by Crippen LogP contribution is -2.54. The van der Waals surface area contributed by atoms with Crippen LogP contribution in [0.1, 0.15) is 135 Å². The summed E-state index contributed by atoms with van der Waals surface area (Å²) >= 11 is 0. The van der Waals surface area contributed by atoms with Crippen LogP contribution in [0.25, 0.3) is 0 Å². The predicted molar refractivity (Wildman–Crippen MR) is 153 cm³/mol. The molecule has 0 aromatic carbocycles. The van der Waals surface area contributed by atoms with Gasteiger partial charge in [0.25, 0.3) is 0 Å². The van der Waals surface area contributed by atoms with E-state index >= 15 is 0 Å². The lowest BCUT2D eigenvalue weighted by molar-refractivity contribution is -0.122. The first kappa shape index (κ1) is 34.3. The molecule has 0 aromatic rings. The zero-order chi connectivity index (χ0) is 23.8. The summed E-state index contributed by atoms with van der Waals surface area (Å²) in [5, 5.41) is 26.6. The molecule has 0 amide bonds. The summed E-state index contributed by atoms with van der Waals surface area (Å²) in [4.78, 5) is 0. The molecule has 0 aromatic heterocycles. The minimum Gasteiger partial charge on any atom is -0.367 e. The van der Waals surface area contributed by atoms with E-state index in [1.807, 2.05) is 0 Å². The van der Waals surface area contributed by atoms with Gasteiger partial charge in [-0.15, -0.1) is 17.0 Å². The molecule has 5 nitrogen and oxygen atoms in total. The summed E-state index contributed by atoms with van der Waals surface area (Å²) in [5.41, 5.74) is 0. The number of piperazine rings is 1. The Morgan fingerprint density at radius 2 is 0.971 bits per heavy atom. The lowest BCUT2D eigenvalue weighted by Gasteiger charge is -2.38. The molecule has 0 aliphatic carbocycles. The van der Waals surface area contributed by atoms with E-state index in [1.165, 1.54) is 122 Å². The van der Waals surface area contributed by atoms with Crippen LogP contribution in [0.5, 0.6) is 0 Å². The average Bonchev–Trinajstić information content (AvgIpc) is 2.82. The van der Waals surface area contributed by atoms with Crippen molar-refractivity contribution >= 4 is 17.0 Å². The Labute approximate surface area is 223 Å². The Kier molecular flexibility index (Phi) is 26.6. The van der Waals surface area contributed by atoms with Crippen molar-refractivity contribution in [2.75, 3.05) is 39.3 Å². The molecule has 6 heteroatoms. The zero-order valence-corrected chi connectivity index (χ0v) is 24.4. The summed E-state index contributed by atoms with van der Waals surface area (Å²) in [6.07, 6.45) is 26.8. The van der Waals surface area contributed by atoms with E-state index in [-0.39, 0.29) is 17.0 Å². The molecule has 0 radical (unpaired) electrons. The van der Waals surface area contributed by atoms with Crippen LogP contribution in [0.15, 0.2) is 0 Å². The van der Waals surface area contributed by atoms with Gasteiger partial charge in [-0.3, -0.25) is 0 Å². The van der Waals surface area contributed by atoms with Gasteiger partial charge < -0.3 is 15.5 Å². The summed E-state index contributed by atoms with van der Waals surface area (Å²) in [6, 6.07) is 0. The SMILES string of the molecule is Br.CCCCCCCCCCCCCCCCCCCCCCN(CC(O)O)N1CCNCC1. The number of hydrazine groups is 1. The Morgan fingerprint density at radius 1 is 0.618 bits per heavy atom. The topological polar surface area (TPSA) is 59.0 Å². The number of nitrogens with zero attached hydrogens (tertiary/aromatic N) is 2. The molecule has 3 N–H and O–H groups in total. The highest BCUT2D eigenvalue weighted by atomic mass is 79.9. The summed E-state index contributed by atoms with van der Waals surface area (Å²) in [7, 11) is 0. The molecule has 0 unspecified atom stereocenters. The minimum atomic E-state index is -1.25. The van der Waals surface area contributed by atoms with E-state index in [4.69, 9.17) is 0 Å². The molecule has 206 valence electrons. The standard InChI is InChI=1S/C28H59N3O2.BrH/c1-2-3-4-5-6-7-8-9-10-11-12-13-14-15-16-17-18-19-20-21-24-31(27-28(32)33)30-25-22-29-23-26-30;/h28-29,32-33H,2-27H2,1H3;1H. The second kappa shape index (κ2) is 26.3. The van der Waals surface area contributed by atoms with Crippen LogP contribution < -0.4 is 5.32 Å². The largest absolute Gasteiger partial charge is 0.367 e. The maximum Gasteiger partial charge on any atom is 0.165 e. The number of hydrogen-bond donors (Lipinski definition) is 3. The fourth-order valence-electron chi connectivity index (χ4n) is 5.02. The number of hydrogen-bond acceptors (Lipinski definition) is 5. The summed E-state index contributed by atoms with van der Waals surface area (Å²) in [5.74, 6) is 0. The first-order chi connectivity index (χ1) is 16.2. The van der Waals surface area contributed by atoms with E-state index < -0.39 is 6.29 Å². The molecule has 0 atom stereocenters. The van der Waals surface area contributed by atoms with E-state index in [0.717, 1.165) is 39.1 Å². The third-order valence-corrected chi connectivity index (χ3v) is 7.14. The van der Waals surface area contributed by atoms with Crippen molar-refractivity contribution in [1.29, 1.82) is 0 Å². The molecule has 0 saturated carbocycles. The van der Waals surface area contributed by atoms with Gasteiger partial charge in [-0.2, -0.15) is 0 Å². The molecular weight excluding hydrogens is 490 g/mol. The van der Waals surface area contributed by atoms with Crippen LogP contribution in [-0.2, 0) is 0 Å². The molecule has 1 heterocycles. The Balaban J connectivity index is 0.0000109. The van der Waals surface area contributed by atoms with E-state index in [1.54, 1.807) is 0 Å². The monoisotopic (exact) mass is 549 g/mol. The van der Waals surface area contributed by atoms with Gasteiger partial charge in [0, 0.05) is 32.7 Å². The Bertz CT molecular complexity index is 396. The molecule has 0 bridgehead atoms. The maximum atomic E-state index is 9.39. The van der Waals surface area contributed by atoms with Crippen LogP contribution in [0.4, 0.5) is 0 Å².